The van der Waals surface area contributed by atoms with Gasteiger partial charge < -0.3 is 5.11 Å². The summed E-state index contributed by atoms with van der Waals surface area (Å²) in [5.74, 6) is -0.0343. The molecule has 0 heterocycles. The predicted octanol–water partition coefficient (Wildman–Crippen LogP) is 5.01. The van der Waals surface area contributed by atoms with Crippen molar-refractivity contribution >= 4 is 0 Å². The highest BCUT2D eigenvalue weighted by atomic mass is 19.4. The van der Waals surface area contributed by atoms with Crippen molar-refractivity contribution in [2.45, 2.75) is 58.5 Å². The summed E-state index contributed by atoms with van der Waals surface area (Å²) in [6, 6.07) is 2.09. The van der Waals surface area contributed by atoms with Crippen molar-refractivity contribution < 1.29 is 18.3 Å². The van der Waals surface area contributed by atoms with Crippen LogP contribution in [-0.4, -0.2) is 5.11 Å². The fourth-order valence-electron chi connectivity index (χ4n) is 1.94. The first-order valence-electron chi connectivity index (χ1n) is 6.20. The van der Waals surface area contributed by atoms with Crippen LogP contribution in [0.4, 0.5) is 13.2 Å². The van der Waals surface area contributed by atoms with Gasteiger partial charge in [-0.25, -0.2) is 0 Å². The lowest BCUT2D eigenvalue weighted by molar-refractivity contribution is -0.137. The largest absolute Gasteiger partial charge is 0.507 e. The van der Waals surface area contributed by atoms with E-state index in [2.05, 4.69) is 0 Å². The van der Waals surface area contributed by atoms with Crippen LogP contribution in [0.3, 0.4) is 0 Å². The van der Waals surface area contributed by atoms with Crippen LogP contribution in [0.1, 0.15) is 58.2 Å². The number of aromatic hydroxyl groups is 1. The summed E-state index contributed by atoms with van der Waals surface area (Å²) in [4.78, 5) is 0. The molecule has 1 N–H and O–H groups in total. The van der Waals surface area contributed by atoms with Crippen molar-refractivity contribution in [1.29, 1.82) is 0 Å². The molecule has 0 unspecified atom stereocenters. The number of hydrogen-bond donors (Lipinski definition) is 1. The fraction of sp³-hybridized carbons (Fsp3) is 0.600. The average Bonchev–Trinajstić information content (AvgIpc) is 2.11. The van der Waals surface area contributed by atoms with E-state index in [9.17, 15) is 18.3 Å². The zero-order chi connectivity index (χ0) is 15.2. The third kappa shape index (κ3) is 3.43. The van der Waals surface area contributed by atoms with Crippen molar-refractivity contribution in [3.05, 3.63) is 28.8 Å². The fourth-order valence-corrected chi connectivity index (χ4v) is 1.94. The quantitative estimate of drug-likeness (QED) is 0.705. The maximum Gasteiger partial charge on any atom is 0.416 e. The molecule has 0 aliphatic carbocycles. The summed E-state index contributed by atoms with van der Waals surface area (Å²) in [5.41, 5.74) is -1.16. The van der Waals surface area contributed by atoms with E-state index in [1.165, 1.54) is 0 Å². The van der Waals surface area contributed by atoms with Gasteiger partial charge in [-0.2, -0.15) is 13.2 Å². The Balaban J connectivity index is 3.68. The predicted molar refractivity (Wildman–Crippen MR) is 70.5 cm³/mol. The molecule has 1 nitrogen and oxygen atoms in total. The van der Waals surface area contributed by atoms with Gasteiger partial charge in [0, 0.05) is 11.1 Å². The molecule has 1 rings (SSSR count). The van der Waals surface area contributed by atoms with Crippen LogP contribution >= 0.6 is 0 Å². The Morgan fingerprint density at radius 1 is 0.789 bits per heavy atom. The highest BCUT2D eigenvalue weighted by Crippen LogP contribution is 2.43. The van der Waals surface area contributed by atoms with E-state index in [0.717, 1.165) is 12.1 Å². The molecule has 0 bridgehead atoms. The van der Waals surface area contributed by atoms with Gasteiger partial charge in [-0.3, -0.25) is 0 Å². The van der Waals surface area contributed by atoms with E-state index in [1.807, 2.05) is 0 Å². The zero-order valence-corrected chi connectivity index (χ0v) is 12.2. The van der Waals surface area contributed by atoms with E-state index in [0.29, 0.717) is 11.1 Å². The van der Waals surface area contributed by atoms with Crippen molar-refractivity contribution in [2.75, 3.05) is 0 Å². The second-order valence-corrected chi connectivity index (χ2v) is 6.92. The number of benzene rings is 1. The Bertz CT molecular complexity index is 439. The minimum atomic E-state index is -4.41. The lowest BCUT2D eigenvalue weighted by Crippen LogP contribution is -2.19. The molecule has 108 valence electrons. The van der Waals surface area contributed by atoms with E-state index >= 15 is 0 Å². The number of rotatable bonds is 0. The van der Waals surface area contributed by atoms with Gasteiger partial charge in [0.05, 0.1) is 5.56 Å². The lowest BCUT2D eigenvalue weighted by Gasteiger charge is -2.28. The Hall–Kier alpha value is -1.19. The first-order chi connectivity index (χ1) is 8.24. The Kier molecular flexibility index (Phi) is 3.70. The van der Waals surface area contributed by atoms with Crippen LogP contribution in [0.15, 0.2) is 12.1 Å². The summed E-state index contributed by atoms with van der Waals surface area (Å²) in [6.45, 7) is 10.7. The highest BCUT2D eigenvalue weighted by molar-refractivity contribution is 5.50. The molecule has 0 aliphatic heterocycles. The van der Waals surface area contributed by atoms with Crippen LogP contribution < -0.4 is 0 Å². The first kappa shape index (κ1) is 15.9. The van der Waals surface area contributed by atoms with E-state index in [-0.39, 0.29) is 5.75 Å². The van der Waals surface area contributed by atoms with Gasteiger partial charge in [-0.15, -0.1) is 0 Å². The zero-order valence-electron chi connectivity index (χ0n) is 12.2. The van der Waals surface area contributed by atoms with Gasteiger partial charge in [0.25, 0.3) is 0 Å². The monoisotopic (exact) mass is 274 g/mol. The molecule has 1 aromatic rings. The molecule has 0 atom stereocenters. The second kappa shape index (κ2) is 4.43. The van der Waals surface area contributed by atoms with Gasteiger partial charge in [0.2, 0.25) is 0 Å². The molecule has 0 aromatic heterocycles. The van der Waals surface area contributed by atoms with Gasteiger partial charge in [-0.1, -0.05) is 41.5 Å². The Morgan fingerprint density at radius 2 is 1.11 bits per heavy atom. The topological polar surface area (TPSA) is 20.2 Å². The van der Waals surface area contributed by atoms with Crippen molar-refractivity contribution in [2.24, 2.45) is 0 Å². The van der Waals surface area contributed by atoms with Gasteiger partial charge in [0.15, 0.2) is 0 Å². The van der Waals surface area contributed by atoms with Crippen LogP contribution in [0, 0.1) is 0 Å². The molecule has 0 saturated carbocycles. The molecule has 0 saturated heterocycles. The summed E-state index contributed by atoms with van der Waals surface area (Å²) in [7, 11) is 0. The van der Waals surface area contributed by atoms with Crippen molar-refractivity contribution in [3.8, 4) is 5.75 Å². The minimum Gasteiger partial charge on any atom is -0.507 e. The third-order valence-corrected chi connectivity index (χ3v) is 3.05. The average molecular weight is 274 g/mol. The summed E-state index contributed by atoms with van der Waals surface area (Å²) in [5, 5.41) is 10.3. The van der Waals surface area contributed by atoms with Crippen molar-refractivity contribution in [1.82, 2.24) is 0 Å². The summed E-state index contributed by atoms with van der Waals surface area (Å²) in [6.07, 6.45) is -4.41. The van der Waals surface area contributed by atoms with E-state index in [4.69, 9.17) is 0 Å². The Morgan fingerprint density at radius 3 is 1.32 bits per heavy atom. The smallest absolute Gasteiger partial charge is 0.416 e. The molecule has 0 aliphatic rings. The summed E-state index contributed by atoms with van der Waals surface area (Å²) >= 11 is 0. The van der Waals surface area contributed by atoms with E-state index in [1.54, 1.807) is 41.5 Å². The van der Waals surface area contributed by atoms with E-state index < -0.39 is 22.6 Å². The van der Waals surface area contributed by atoms with Crippen LogP contribution in [0.2, 0.25) is 0 Å². The normalized spacial score (nSPS) is 13.7. The van der Waals surface area contributed by atoms with Gasteiger partial charge in [0.1, 0.15) is 5.75 Å². The standard InChI is InChI=1S/C15H21F3O/c1-13(2,3)10-7-9(15(16,17)18)8-11(12(10)19)14(4,5)6/h7-8,19H,1-6H3. The minimum absolute atomic E-state index is 0.0343. The SMILES string of the molecule is CC(C)(C)c1cc(C(F)(F)F)cc(C(C)(C)C)c1O. The van der Waals surface area contributed by atoms with Crippen molar-refractivity contribution in [3.63, 3.8) is 0 Å². The number of phenols is 1. The molecular formula is C15H21F3O. The third-order valence-electron chi connectivity index (χ3n) is 3.05. The second-order valence-electron chi connectivity index (χ2n) is 6.92. The maximum absolute atomic E-state index is 13.0. The molecule has 0 spiro atoms. The van der Waals surface area contributed by atoms with Gasteiger partial charge >= 0.3 is 6.18 Å². The number of phenolic OH excluding ortho intramolecular Hbond substituents is 1. The number of alkyl halides is 3. The maximum atomic E-state index is 13.0. The van der Waals surface area contributed by atoms with Crippen LogP contribution in [0.25, 0.3) is 0 Å². The van der Waals surface area contributed by atoms with Gasteiger partial charge in [-0.05, 0) is 23.0 Å². The first-order valence-corrected chi connectivity index (χ1v) is 6.20. The number of halogens is 3. The number of hydrogen-bond acceptors (Lipinski definition) is 1. The molecule has 1 aromatic carbocycles. The molecule has 0 amide bonds. The lowest BCUT2D eigenvalue weighted by atomic mass is 9.78. The molecular weight excluding hydrogens is 253 g/mol. The highest BCUT2D eigenvalue weighted by Gasteiger charge is 2.35. The van der Waals surface area contributed by atoms with Crippen LogP contribution in [-0.2, 0) is 17.0 Å². The molecule has 4 heteroatoms. The van der Waals surface area contributed by atoms with Crippen LogP contribution in [0.5, 0.6) is 5.75 Å². The molecule has 0 radical (unpaired) electrons. The Labute approximate surface area is 112 Å². The molecule has 19 heavy (non-hydrogen) atoms. The molecule has 0 fully saturated rings. The summed E-state index contributed by atoms with van der Waals surface area (Å²) < 4.78 is 38.9.